The summed E-state index contributed by atoms with van der Waals surface area (Å²) in [5, 5.41) is 0. The highest BCUT2D eigenvalue weighted by Gasteiger charge is 2.21. The van der Waals surface area contributed by atoms with Gasteiger partial charge in [-0.1, -0.05) is 31.1 Å². The monoisotopic (exact) mass is 215 g/mol. The quantitative estimate of drug-likeness (QED) is 0.383. The first kappa shape index (κ1) is 11.7. The molecule has 0 spiro atoms. The summed E-state index contributed by atoms with van der Waals surface area (Å²) in [4.78, 5) is 2.57. The van der Waals surface area contributed by atoms with E-state index in [-0.39, 0.29) is 10.9 Å². The van der Waals surface area contributed by atoms with Crippen molar-refractivity contribution < 1.29 is 0 Å². The van der Waals surface area contributed by atoms with Crippen molar-refractivity contribution in [1.29, 1.82) is 0 Å². The molecule has 0 heterocycles. The van der Waals surface area contributed by atoms with E-state index in [1.54, 1.807) is 6.08 Å². The van der Waals surface area contributed by atoms with Gasteiger partial charge in [-0.05, 0) is 30.4 Å². The van der Waals surface area contributed by atoms with Crippen LogP contribution in [0.4, 0.5) is 0 Å². The predicted molar refractivity (Wildman–Crippen MR) is 71.4 cm³/mol. The summed E-state index contributed by atoms with van der Waals surface area (Å²) in [6.07, 6.45) is 14.8. The molecule has 1 rings (SSSR count). The molecule has 0 saturated heterocycles. The third-order valence-corrected chi connectivity index (χ3v) is 4.13. The number of allylic oxidation sites excluding steroid dienone is 7. The minimum atomic E-state index is 0.0739. The van der Waals surface area contributed by atoms with Gasteiger partial charge in [0.1, 0.15) is 11.2 Å². The average Bonchev–Trinajstić information content (AvgIpc) is 2.53. The van der Waals surface area contributed by atoms with E-state index in [9.17, 15) is 0 Å². The van der Waals surface area contributed by atoms with Crippen molar-refractivity contribution in [1.82, 2.24) is 0 Å². The molecule has 0 aromatic rings. The Kier molecular flexibility index (Phi) is 4.80. The normalized spacial score (nSPS) is 16.9. The number of hydrogen-bond donors (Lipinski definition) is 0. The minimum Gasteiger partial charge on any atom is -0.0989 e. The molecule has 0 aromatic heterocycles. The van der Waals surface area contributed by atoms with Crippen LogP contribution < -0.4 is 0 Å². The lowest BCUT2D eigenvalue weighted by Gasteiger charge is -2.03. The van der Waals surface area contributed by atoms with Crippen molar-refractivity contribution in [3.63, 3.8) is 0 Å². The summed E-state index contributed by atoms with van der Waals surface area (Å²) < 4.78 is 0. The zero-order valence-corrected chi connectivity index (χ0v) is 9.81. The summed E-state index contributed by atoms with van der Waals surface area (Å²) in [5.74, 6) is 6.09. The molecule has 0 radical (unpaired) electrons. The standard InChI is InChI=1S/C14H15S/c1-4-10-13(5-2)15(3)14-11-8-6-7-9-12-14/h4-6,8,10-11H,1-2,12H2,3H3/q+1/b13-10+. The molecule has 0 aliphatic heterocycles. The Morgan fingerprint density at radius 2 is 2.33 bits per heavy atom. The van der Waals surface area contributed by atoms with Gasteiger partial charge in [0, 0.05) is 0 Å². The molecule has 0 aromatic carbocycles. The van der Waals surface area contributed by atoms with Crippen LogP contribution in [0, 0.1) is 11.8 Å². The summed E-state index contributed by atoms with van der Waals surface area (Å²) in [7, 11) is 0.0739. The molecule has 0 saturated carbocycles. The fourth-order valence-corrected chi connectivity index (χ4v) is 2.66. The second-order valence-corrected chi connectivity index (χ2v) is 5.03. The second kappa shape index (κ2) is 6.16. The Morgan fingerprint density at radius 1 is 1.53 bits per heavy atom. The Morgan fingerprint density at radius 3 is 3.00 bits per heavy atom. The van der Waals surface area contributed by atoms with Crippen LogP contribution in [0.2, 0.25) is 0 Å². The largest absolute Gasteiger partial charge is 0.159 e. The third-order valence-electron chi connectivity index (χ3n) is 2.06. The molecule has 0 amide bonds. The van der Waals surface area contributed by atoms with E-state index in [1.165, 1.54) is 9.81 Å². The van der Waals surface area contributed by atoms with Crippen LogP contribution >= 0.6 is 0 Å². The molecule has 15 heavy (non-hydrogen) atoms. The van der Waals surface area contributed by atoms with Crippen molar-refractivity contribution in [2.24, 2.45) is 0 Å². The molecule has 1 heteroatoms. The van der Waals surface area contributed by atoms with Crippen LogP contribution in [-0.4, -0.2) is 6.26 Å². The predicted octanol–water partition coefficient (Wildman–Crippen LogP) is 3.34. The van der Waals surface area contributed by atoms with Gasteiger partial charge in [-0.25, -0.2) is 0 Å². The first-order valence-corrected chi connectivity index (χ1v) is 6.38. The molecule has 0 bridgehead atoms. The van der Waals surface area contributed by atoms with Gasteiger partial charge in [-0.2, -0.15) is 0 Å². The molecule has 0 fully saturated rings. The zero-order valence-electron chi connectivity index (χ0n) is 8.99. The van der Waals surface area contributed by atoms with E-state index >= 15 is 0 Å². The molecule has 1 unspecified atom stereocenters. The van der Waals surface area contributed by atoms with E-state index in [1.807, 2.05) is 24.3 Å². The van der Waals surface area contributed by atoms with Gasteiger partial charge < -0.3 is 0 Å². The summed E-state index contributed by atoms with van der Waals surface area (Å²) >= 11 is 0. The highest BCUT2D eigenvalue weighted by Crippen LogP contribution is 2.22. The lowest BCUT2D eigenvalue weighted by atomic mass is 10.4. The van der Waals surface area contributed by atoms with E-state index in [2.05, 4.69) is 37.3 Å². The van der Waals surface area contributed by atoms with E-state index in [4.69, 9.17) is 0 Å². The van der Waals surface area contributed by atoms with Gasteiger partial charge in [-0.15, -0.1) is 0 Å². The Balaban J connectivity index is 2.89. The third kappa shape index (κ3) is 3.34. The summed E-state index contributed by atoms with van der Waals surface area (Å²) in [6, 6.07) is 0. The molecule has 76 valence electrons. The molecular weight excluding hydrogens is 200 g/mol. The summed E-state index contributed by atoms with van der Waals surface area (Å²) in [6.45, 7) is 7.54. The zero-order chi connectivity index (χ0) is 11.1. The average molecular weight is 215 g/mol. The SMILES string of the molecule is C=C/C=C(\C=C)[S+](C)C1=CC=CC#CC1. The van der Waals surface area contributed by atoms with Crippen LogP contribution in [0.25, 0.3) is 0 Å². The van der Waals surface area contributed by atoms with E-state index < -0.39 is 0 Å². The summed E-state index contributed by atoms with van der Waals surface area (Å²) in [5.41, 5.74) is 0. The van der Waals surface area contributed by atoms with Crippen molar-refractivity contribution >= 4 is 10.9 Å². The maximum Gasteiger partial charge on any atom is 0.159 e. The van der Waals surface area contributed by atoms with Crippen molar-refractivity contribution in [2.75, 3.05) is 6.26 Å². The van der Waals surface area contributed by atoms with Crippen LogP contribution in [-0.2, 0) is 10.9 Å². The Labute approximate surface area is 95.1 Å². The minimum absolute atomic E-state index is 0.0739. The second-order valence-electron chi connectivity index (χ2n) is 3.01. The van der Waals surface area contributed by atoms with Crippen LogP contribution in [0.15, 0.2) is 59.4 Å². The number of hydrogen-bond acceptors (Lipinski definition) is 0. The maximum absolute atomic E-state index is 3.83. The molecule has 1 aliphatic rings. The van der Waals surface area contributed by atoms with Crippen LogP contribution in [0.5, 0.6) is 0 Å². The van der Waals surface area contributed by atoms with Crippen molar-refractivity contribution in [3.05, 3.63) is 59.4 Å². The fraction of sp³-hybridized carbons (Fsp3) is 0.143. The van der Waals surface area contributed by atoms with Gasteiger partial charge in [0.15, 0.2) is 4.91 Å². The lowest BCUT2D eigenvalue weighted by Crippen LogP contribution is -2.04. The highest BCUT2D eigenvalue weighted by atomic mass is 32.2. The topological polar surface area (TPSA) is 0 Å². The van der Waals surface area contributed by atoms with Gasteiger partial charge in [-0.3, -0.25) is 0 Å². The first-order valence-electron chi connectivity index (χ1n) is 4.74. The van der Waals surface area contributed by atoms with Gasteiger partial charge in [0.05, 0.1) is 17.3 Å². The Hall–Kier alpha value is -1.39. The highest BCUT2D eigenvalue weighted by molar-refractivity contribution is 8.03. The van der Waals surface area contributed by atoms with Gasteiger partial charge >= 0.3 is 0 Å². The smallest absolute Gasteiger partial charge is 0.0989 e. The molecule has 1 atom stereocenters. The number of rotatable bonds is 4. The molecule has 0 nitrogen and oxygen atoms in total. The van der Waals surface area contributed by atoms with Crippen LogP contribution in [0.1, 0.15) is 6.42 Å². The van der Waals surface area contributed by atoms with Crippen molar-refractivity contribution in [2.45, 2.75) is 6.42 Å². The Bertz CT molecular complexity index is 397. The van der Waals surface area contributed by atoms with Crippen LogP contribution in [0.3, 0.4) is 0 Å². The molecule has 0 N–H and O–H groups in total. The van der Waals surface area contributed by atoms with Gasteiger partial charge in [0.2, 0.25) is 0 Å². The maximum atomic E-state index is 3.83. The van der Waals surface area contributed by atoms with Crippen molar-refractivity contribution in [3.8, 4) is 11.8 Å². The van der Waals surface area contributed by atoms with Gasteiger partial charge in [0.25, 0.3) is 0 Å². The molecule has 1 aliphatic carbocycles. The lowest BCUT2D eigenvalue weighted by molar-refractivity contribution is 1.43. The van der Waals surface area contributed by atoms with E-state index in [0.717, 1.165) is 6.42 Å². The van der Waals surface area contributed by atoms with E-state index in [0.29, 0.717) is 0 Å². The fourth-order valence-electron chi connectivity index (χ4n) is 1.23. The molecular formula is C14H15S+. The first-order chi connectivity index (χ1) is 7.29.